The summed E-state index contributed by atoms with van der Waals surface area (Å²) >= 11 is 0. The topological polar surface area (TPSA) is 50.7 Å². The van der Waals surface area contributed by atoms with E-state index in [2.05, 4.69) is 5.32 Å². The van der Waals surface area contributed by atoms with E-state index in [-0.39, 0.29) is 0 Å². The molecule has 1 atom stereocenters. The number of fused-ring (bicyclic) bond motifs is 1. The molecule has 1 unspecified atom stereocenters. The zero-order chi connectivity index (χ0) is 12.3. The van der Waals surface area contributed by atoms with Crippen LogP contribution >= 0.6 is 0 Å². The minimum Gasteiger partial charge on any atom is -0.490 e. The second kappa shape index (κ2) is 5.38. The van der Waals surface area contributed by atoms with Crippen LogP contribution in [0, 0.1) is 6.92 Å². The normalized spacial score (nSPS) is 16.4. The summed E-state index contributed by atoms with van der Waals surface area (Å²) in [5.41, 5.74) is 1.86. The van der Waals surface area contributed by atoms with Gasteiger partial charge in [-0.25, -0.2) is 0 Å². The summed E-state index contributed by atoms with van der Waals surface area (Å²) in [6.07, 6.45) is 0.375. The molecule has 0 spiro atoms. The van der Waals surface area contributed by atoms with Gasteiger partial charge in [0.25, 0.3) is 0 Å². The molecule has 0 aromatic heterocycles. The van der Waals surface area contributed by atoms with E-state index >= 15 is 0 Å². The first-order chi connectivity index (χ1) is 8.24. The summed E-state index contributed by atoms with van der Waals surface area (Å²) in [5, 5.41) is 13.0. The van der Waals surface area contributed by atoms with Crippen LogP contribution in [0.2, 0.25) is 0 Å². The molecule has 0 saturated carbocycles. The molecule has 0 amide bonds. The van der Waals surface area contributed by atoms with Crippen molar-refractivity contribution in [3.05, 3.63) is 23.3 Å². The van der Waals surface area contributed by atoms with Gasteiger partial charge in [0, 0.05) is 18.5 Å². The van der Waals surface area contributed by atoms with Gasteiger partial charge in [0.2, 0.25) is 0 Å². The first-order valence-electron chi connectivity index (χ1n) is 5.95. The van der Waals surface area contributed by atoms with Crippen molar-refractivity contribution in [3.63, 3.8) is 0 Å². The number of hydrogen-bond donors (Lipinski definition) is 2. The molecule has 1 aromatic rings. The maximum Gasteiger partial charge on any atom is 0.164 e. The number of hydrogen-bond acceptors (Lipinski definition) is 4. The average molecular weight is 237 g/mol. The van der Waals surface area contributed by atoms with Gasteiger partial charge in [-0.15, -0.1) is 0 Å². The summed E-state index contributed by atoms with van der Waals surface area (Å²) in [7, 11) is 1.82. The predicted molar refractivity (Wildman–Crippen MR) is 65.7 cm³/mol. The van der Waals surface area contributed by atoms with E-state index in [1.807, 2.05) is 26.1 Å². The molecule has 1 aromatic carbocycles. The van der Waals surface area contributed by atoms with Crippen molar-refractivity contribution in [3.8, 4) is 11.5 Å². The lowest BCUT2D eigenvalue weighted by Crippen LogP contribution is -2.17. The Labute approximate surface area is 102 Å². The fraction of sp³-hybridized carbons (Fsp3) is 0.538. The van der Waals surface area contributed by atoms with Gasteiger partial charge in [-0.2, -0.15) is 0 Å². The highest BCUT2D eigenvalue weighted by Crippen LogP contribution is 2.36. The SMILES string of the molecule is CNCC(O)c1ccc2c(c1C)OCCCO2. The molecule has 1 aliphatic heterocycles. The first kappa shape index (κ1) is 12.2. The second-order valence-corrected chi connectivity index (χ2v) is 4.23. The van der Waals surface area contributed by atoms with Gasteiger partial charge in [0.15, 0.2) is 11.5 Å². The van der Waals surface area contributed by atoms with Crippen molar-refractivity contribution >= 4 is 0 Å². The third-order valence-electron chi connectivity index (χ3n) is 2.96. The van der Waals surface area contributed by atoms with Gasteiger partial charge >= 0.3 is 0 Å². The second-order valence-electron chi connectivity index (χ2n) is 4.23. The van der Waals surface area contributed by atoms with E-state index in [1.165, 1.54) is 0 Å². The van der Waals surface area contributed by atoms with Crippen LogP contribution in [0.3, 0.4) is 0 Å². The maximum absolute atomic E-state index is 10.0. The van der Waals surface area contributed by atoms with Crippen LogP contribution in [0.25, 0.3) is 0 Å². The highest BCUT2D eigenvalue weighted by molar-refractivity contribution is 5.51. The van der Waals surface area contributed by atoms with Crippen molar-refractivity contribution in [2.75, 3.05) is 26.8 Å². The minimum absolute atomic E-state index is 0.517. The Morgan fingerprint density at radius 1 is 1.35 bits per heavy atom. The molecule has 0 fully saturated rings. The molecule has 0 bridgehead atoms. The lowest BCUT2D eigenvalue weighted by Gasteiger charge is -2.17. The van der Waals surface area contributed by atoms with E-state index in [4.69, 9.17) is 9.47 Å². The van der Waals surface area contributed by atoms with E-state index in [1.54, 1.807) is 0 Å². The molecule has 0 radical (unpaired) electrons. The summed E-state index contributed by atoms with van der Waals surface area (Å²) < 4.78 is 11.3. The molecule has 2 rings (SSSR count). The summed E-state index contributed by atoms with van der Waals surface area (Å²) in [4.78, 5) is 0. The van der Waals surface area contributed by atoms with Gasteiger partial charge in [0.1, 0.15) is 0 Å². The Hall–Kier alpha value is -1.26. The quantitative estimate of drug-likeness (QED) is 0.834. The number of likely N-dealkylation sites (N-methyl/N-ethyl adjacent to an activating group) is 1. The molecule has 4 heteroatoms. The average Bonchev–Trinajstić information content (AvgIpc) is 2.55. The van der Waals surface area contributed by atoms with Crippen LogP contribution in [0.5, 0.6) is 11.5 Å². The first-order valence-corrected chi connectivity index (χ1v) is 5.95. The van der Waals surface area contributed by atoms with Gasteiger partial charge in [-0.1, -0.05) is 6.07 Å². The van der Waals surface area contributed by atoms with E-state index < -0.39 is 6.10 Å². The van der Waals surface area contributed by atoms with Crippen molar-refractivity contribution in [2.45, 2.75) is 19.4 Å². The van der Waals surface area contributed by atoms with Gasteiger partial charge < -0.3 is 19.9 Å². The molecule has 2 N–H and O–H groups in total. The number of rotatable bonds is 3. The molecule has 1 heterocycles. The fourth-order valence-corrected chi connectivity index (χ4v) is 2.05. The Kier molecular flexibility index (Phi) is 3.86. The van der Waals surface area contributed by atoms with Crippen molar-refractivity contribution in [1.82, 2.24) is 5.32 Å². The highest BCUT2D eigenvalue weighted by atomic mass is 16.5. The maximum atomic E-state index is 10.0. The lowest BCUT2D eigenvalue weighted by atomic mass is 10.0. The van der Waals surface area contributed by atoms with Crippen LogP contribution in [-0.4, -0.2) is 31.9 Å². The van der Waals surface area contributed by atoms with Gasteiger partial charge in [0.05, 0.1) is 19.3 Å². The van der Waals surface area contributed by atoms with Crippen LogP contribution in [0.4, 0.5) is 0 Å². The predicted octanol–water partition coefficient (Wildman–Crippen LogP) is 1.41. The smallest absolute Gasteiger partial charge is 0.164 e. The highest BCUT2D eigenvalue weighted by Gasteiger charge is 2.18. The minimum atomic E-state index is -0.517. The number of nitrogens with one attached hydrogen (secondary N) is 1. The molecule has 17 heavy (non-hydrogen) atoms. The summed E-state index contributed by atoms with van der Waals surface area (Å²) in [5.74, 6) is 1.55. The van der Waals surface area contributed by atoms with Crippen molar-refractivity contribution in [2.24, 2.45) is 0 Å². The Morgan fingerprint density at radius 2 is 2.12 bits per heavy atom. The molecule has 4 nitrogen and oxygen atoms in total. The Morgan fingerprint density at radius 3 is 2.88 bits per heavy atom. The molecular formula is C13H19NO3. The van der Waals surface area contributed by atoms with Crippen molar-refractivity contribution in [1.29, 1.82) is 0 Å². The number of aliphatic hydroxyl groups is 1. The van der Waals surface area contributed by atoms with Crippen molar-refractivity contribution < 1.29 is 14.6 Å². The third kappa shape index (κ3) is 2.53. The summed E-state index contributed by atoms with van der Waals surface area (Å²) in [6, 6.07) is 3.78. The van der Waals surface area contributed by atoms with Crippen LogP contribution < -0.4 is 14.8 Å². The molecule has 94 valence electrons. The molecule has 1 aliphatic rings. The third-order valence-corrected chi connectivity index (χ3v) is 2.96. The Balaban J connectivity index is 2.33. The van der Waals surface area contributed by atoms with Crippen LogP contribution in [-0.2, 0) is 0 Å². The largest absolute Gasteiger partial charge is 0.490 e. The van der Waals surface area contributed by atoms with Crippen LogP contribution in [0.15, 0.2) is 12.1 Å². The zero-order valence-corrected chi connectivity index (χ0v) is 10.3. The molecule has 0 aliphatic carbocycles. The molecule has 0 saturated heterocycles. The van der Waals surface area contributed by atoms with E-state index in [9.17, 15) is 5.11 Å². The summed E-state index contributed by atoms with van der Waals surface area (Å²) in [6.45, 7) is 3.84. The lowest BCUT2D eigenvalue weighted by molar-refractivity contribution is 0.176. The zero-order valence-electron chi connectivity index (χ0n) is 10.3. The monoisotopic (exact) mass is 237 g/mol. The van der Waals surface area contributed by atoms with Crippen LogP contribution in [0.1, 0.15) is 23.7 Å². The number of ether oxygens (including phenoxy) is 2. The standard InChI is InChI=1S/C13H19NO3/c1-9-10(11(15)8-14-2)4-5-12-13(9)17-7-3-6-16-12/h4-5,11,14-15H,3,6-8H2,1-2H3. The molecular weight excluding hydrogens is 218 g/mol. The number of aliphatic hydroxyl groups excluding tert-OH is 1. The van der Waals surface area contributed by atoms with Gasteiger partial charge in [-0.05, 0) is 25.6 Å². The van der Waals surface area contributed by atoms with Gasteiger partial charge in [-0.3, -0.25) is 0 Å². The number of benzene rings is 1. The van der Waals surface area contributed by atoms with E-state index in [0.29, 0.717) is 19.8 Å². The Bertz CT molecular complexity index is 392. The van der Waals surface area contributed by atoms with E-state index in [0.717, 1.165) is 29.0 Å². The fourth-order valence-electron chi connectivity index (χ4n) is 2.05.